The third-order valence-electron chi connectivity index (χ3n) is 3.75. The van der Waals surface area contributed by atoms with E-state index in [0.717, 1.165) is 28.9 Å². The van der Waals surface area contributed by atoms with Crippen LogP contribution in [0.2, 0.25) is 0 Å². The molecule has 0 spiro atoms. The summed E-state index contributed by atoms with van der Waals surface area (Å²) in [6, 6.07) is 11.7. The zero-order valence-corrected chi connectivity index (χ0v) is 13.5. The highest BCUT2D eigenvalue weighted by molar-refractivity contribution is 5.89. The smallest absolute Gasteiger partial charge is 0.357 e. The lowest BCUT2D eigenvalue weighted by molar-refractivity contribution is 0.0519. The molecule has 0 aliphatic heterocycles. The fourth-order valence-electron chi connectivity index (χ4n) is 2.69. The molecule has 0 atom stereocenters. The summed E-state index contributed by atoms with van der Waals surface area (Å²) in [5.74, 6) is -0.400. The maximum Gasteiger partial charge on any atom is 0.357 e. The van der Waals surface area contributed by atoms with Crippen molar-refractivity contribution in [2.45, 2.75) is 27.2 Å². The van der Waals surface area contributed by atoms with Crippen molar-refractivity contribution in [3.63, 3.8) is 0 Å². The number of hydrogen-bond acceptors (Lipinski definition) is 4. The van der Waals surface area contributed by atoms with Crippen molar-refractivity contribution in [3.05, 3.63) is 53.5 Å². The van der Waals surface area contributed by atoms with Crippen LogP contribution in [0.15, 0.2) is 36.4 Å². The van der Waals surface area contributed by atoms with Crippen LogP contribution in [0.3, 0.4) is 0 Å². The molecule has 0 fully saturated rings. The molecule has 3 rings (SSSR count). The molecular formula is C18H19N3O2. The van der Waals surface area contributed by atoms with Gasteiger partial charge in [-0.25, -0.2) is 14.3 Å². The molecule has 0 saturated carbocycles. The minimum atomic E-state index is -0.400. The van der Waals surface area contributed by atoms with E-state index in [4.69, 9.17) is 4.74 Å². The van der Waals surface area contributed by atoms with E-state index in [1.807, 2.05) is 48.7 Å². The molecular weight excluding hydrogens is 290 g/mol. The van der Waals surface area contributed by atoms with Gasteiger partial charge in [-0.3, -0.25) is 0 Å². The van der Waals surface area contributed by atoms with Gasteiger partial charge < -0.3 is 4.74 Å². The number of aromatic nitrogens is 3. The SMILES string of the molecule is CCOC(=O)c1cc(CC)n2nc(C)c(-c3ccccc3)c2n1. The topological polar surface area (TPSA) is 56.5 Å². The van der Waals surface area contributed by atoms with Gasteiger partial charge in [0.2, 0.25) is 0 Å². The first-order chi connectivity index (χ1) is 11.2. The van der Waals surface area contributed by atoms with Crippen LogP contribution in [0.5, 0.6) is 0 Å². The molecule has 0 radical (unpaired) electrons. The summed E-state index contributed by atoms with van der Waals surface area (Å²) in [5, 5.41) is 4.61. The molecule has 3 aromatic rings. The van der Waals surface area contributed by atoms with E-state index in [9.17, 15) is 4.79 Å². The fourth-order valence-corrected chi connectivity index (χ4v) is 2.69. The Morgan fingerprint density at radius 1 is 1.22 bits per heavy atom. The second-order valence-corrected chi connectivity index (χ2v) is 5.27. The van der Waals surface area contributed by atoms with Crippen molar-refractivity contribution in [1.29, 1.82) is 0 Å². The molecule has 0 aliphatic carbocycles. The Hall–Kier alpha value is -2.69. The van der Waals surface area contributed by atoms with Crippen LogP contribution in [0, 0.1) is 6.92 Å². The lowest BCUT2D eigenvalue weighted by atomic mass is 10.1. The molecule has 0 aliphatic rings. The van der Waals surface area contributed by atoms with Gasteiger partial charge in [-0.1, -0.05) is 37.3 Å². The van der Waals surface area contributed by atoms with Gasteiger partial charge in [0.15, 0.2) is 11.3 Å². The van der Waals surface area contributed by atoms with Crippen LogP contribution < -0.4 is 0 Å². The van der Waals surface area contributed by atoms with Gasteiger partial charge in [0.1, 0.15) is 0 Å². The fraction of sp³-hybridized carbons (Fsp3) is 0.278. The lowest BCUT2D eigenvalue weighted by Gasteiger charge is -2.07. The summed E-state index contributed by atoms with van der Waals surface area (Å²) >= 11 is 0. The standard InChI is InChI=1S/C18H19N3O2/c1-4-14-11-15(18(22)23-5-2)19-17-16(12(3)20-21(14)17)13-9-7-6-8-10-13/h6-11H,4-5H2,1-3H3. The minimum Gasteiger partial charge on any atom is -0.461 e. The Balaban J connectivity index is 2.27. The van der Waals surface area contributed by atoms with E-state index in [1.54, 1.807) is 13.0 Å². The number of fused-ring (bicyclic) bond motifs is 1. The monoisotopic (exact) mass is 309 g/mol. The summed E-state index contributed by atoms with van der Waals surface area (Å²) in [6.07, 6.45) is 0.751. The number of carbonyl (C=O) groups is 1. The van der Waals surface area contributed by atoms with E-state index < -0.39 is 5.97 Å². The summed E-state index contributed by atoms with van der Waals surface area (Å²) < 4.78 is 6.92. The van der Waals surface area contributed by atoms with Crippen LogP contribution in [-0.4, -0.2) is 27.2 Å². The molecule has 0 bridgehead atoms. The molecule has 0 unspecified atom stereocenters. The molecule has 0 saturated heterocycles. The van der Waals surface area contributed by atoms with Crippen LogP contribution in [0.4, 0.5) is 0 Å². The second-order valence-electron chi connectivity index (χ2n) is 5.27. The highest BCUT2D eigenvalue weighted by Crippen LogP contribution is 2.28. The van der Waals surface area contributed by atoms with Gasteiger partial charge in [0.05, 0.1) is 12.3 Å². The van der Waals surface area contributed by atoms with Gasteiger partial charge >= 0.3 is 5.97 Å². The van der Waals surface area contributed by atoms with E-state index in [-0.39, 0.29) is 0 Å². The first-order valence-corrected chi connectivity index (χ1v) is 7.77. The van der Waals surface area contributed by atoms with Crippen LogP contribution in [0.1, 0.15) is 35.7 Å². The Morgan fingerprint density at radius 2 is 1.96 bits per heavy atom. The Kier molecular flexibility index (Phi) is 4.10. The average molecular weight is 309 g/mol. The number of nitrogens with zero attached hydrogens (tertiary/aromatic N) is 3. The lowest BCUT2D eigenvalue weighted by Crippen LogP contribution is -2.11. The van der Waals surface area contributed by atoms with Crippen LogP contribution in [-0.2, 0) is 11.2 Å². The number of aryl methyl sites for hydroxylation is 2. The number of esters is 1. The normalized spacial score (nSPS) is 10.9. The van der Waals surface area contributed by atoms with Gasteiger partial charge in [-0.15, -0.1) is 0 Å². The summed E-state index contributed by atoms with van der Waals surface area (Å²) in [7, 11) is 0. The number of hydrogen-bond donors (Lipinski definition) is 0. The van der Waals surface area contributed by atoms with Gasteiger partial charge in [-0.2, -0.15) is 5.10 Å². The highest BCUT2D eigenvalue weighted by Gasteiger charge is 2.18. The quantitative estimate of drug-likeness (QED) is 0.693. The molecule has 5 heteroatoms. The number of benzene rings is 1. The van der Waals surface area contributed by atoms with E-state index in [2.05, 4.69) is 10.1 Å². The van der Waals surface area contributed by atoms with Crippen molar-refractivity contribution in [3.8, 4) is 11.1 Å². The van der Waals surface area contributed by atoms with Gasteiger partial charge in [0, 0.05) is 11.3 Å². The number of rotatable bonds is 4. The third kappa shape index (κ3) is 2.70. The Labute approximate surface area is 134 Å². The molecule has 0 amide bonds. The number of ether oxygens (including phenoxy) is 1. The third-order valence-corrected chi connectivity index (χ3v) is 3.75. The van der Waals surface area contributed by atoms with Gasteiger partial charge in [0.25, 0.3) is 0 Å². The molecule has 118 valence electrons. The predicted octanol–water partition coefficient (Wildman–Crippen LogP) is 3.44. The molecule has 1 aromatic carbocycles. The Morgan fingerprint density at radius 3 is 2.61 bits per heavy atom. The first kappa shape index (κ1) is 15.2. The van der Waals surface area contributed by atoms with Gasteiger partial charge in [-0.05, 0) is 31.9 Å². The zero-order valence-electron chi connectivity index (χ0n) is 13.5. The van der Waals surface area contributed by atoms with Crippen LogP contribution >= 0.6 is 0 Å². The Bertz CT molecular complexity index is 854. The van der Waals surface area contributed by atoms with Crippen LogP contribution in [0.25, 0.3) is 16.8 Å². The zero-order chi connectivity index (χ0) is 16.4. The minimum absolute atomic E-state index is 0.327. The average Bonchev–Trinajstić information content (AvgIpc) is 2.90. The van der Waals surface area contributed by atoms with E-state index in [1.165, 1.54) is 0 Å². The summed E-state index contributed by atoms with van der Waals surface area (Å²) in [4.78, 5) is 16.6. The van der Waals surface area contributed by atoms with Crippen molar-refractivity contribution in [2.75, 3.05) is 6.61 Å². The van der Waals surface area contributed by atoms with Crippen molar-refractivity contribution in [1.82, 2.24) is 14.6 Å². The maximum atomic E-state index is 12.1. The first-order valence-electron chi connectivity index (χ1n) is 7.77. The van der Waals surface area contributed by atoms with Crippen molar-refractivity contribution >= 4 is 11.6 Å². The van der Waals surface area contributed by atoms with Crippen molar-refractivity contribution < 1.29 is 9.53 Å². The highest BCUT2D eigenvalue weighted by atomic mass is 16.5. The van der Waals surface area contributed by atoms with Crippen molar-refractivity contribution in [2.24, 2.45) is 0 Å². The summed E-state index contributed by atoms with van der Waals surface area (Å²) in [5.41, 5.74) is 4.83. The van der Waals surface area contributed by atoms with E-state index in [0.29, 0.717) is 17.9 Å². The largest absolute Gasteiger partial charge is 0.461 e. The molecule has 5 nitrogen and oxygen atoms in total. The van der Waals surface area contributed by atoms with E-state index >= 15 is 0 Å². The molecule has 0 N–H and O–H groups in total. The predicted molar refractivity (Wildman–Crippen MR) is 88.5 cm³/mol. The molecule has 2 heterocycles. The number of carbonyl (C=O) groups excluding carboxylic acids is 1. The second kappa shape index (κ2) is 6.20. The molecule has 23 heavy (non-hydrogen) atoms. The molecule has 2 aromatic heterocycles. The maximum absolute atomic E-state index is 12.1. The summed E-state index contributed by atoms with van der Waals surface area (Å²) in [6.45, 7) is 6.11.